The molecule has 0 aliphatic carbocycles. The molecule has 0 saturated carbocycles. The smallest absolute Gasteiger partial charge is 0.273 e. The zero-order valence-electron chi connectivity index (χ0n) is 10.00. The van der Waals surface area contributed by atoms with Crippen LogP contribution in [0.2, 0.25) is 0 Å². The Balaban J connectivity index is 2.08. The Morgan fingerprint density at radius 1 is 1.50 bits per heavy atom. The van der Waals surface area contributed by atoms with Crippen molar-refractivity contribution >= 4 is 28.6 Å². The van der Waals surface area contributed by atoms with Crippen LogP contribution in [-0.2, 0) is 0 Å². The lowest BCUT2D eigenvalue weighted by Gasteiger charge is -2.14. The number of aliphatic hydroxyl groups excluding tert-OH is 1. The van der Waals surface area contributed by atoms with Crippen molar-refractivity contribution in [3.05, 3.63) is 28.6 Å². The fraction of sp³-hybridized carbons (Fsp3) is 0.333. The predicted molar refractivity (Wildman–Crippen MR) is 74.1 cm³/mol. The quantitative estimate of drug-likeness (QED) is 0.915. The van der Waals surface area contributed by atoms with Crippen molar-refractivity contribution in [2.75, 3.05) is 20.2 Å². The third kappa shape index (κ3) is 2.95. The van der Waals surface area contributed by atoms with Gasteiger partial charge in [0.1, 0.15) is 10.7 Å². The van der Waals surface area contributed by atoms with Crippen molar-refractivity contribution in [2.45, 2.75) is 6.42 Å². The molecule has 0 bridgehead atoms. The molecule has 1 amide bonds. The van der Waals surface area contributed by atoms with E-state index in [0.29, 0.717) is 18.7 Å². The van der Waals surface area contributed by atoms with Gasteiger partial charge in [-0.2, -0.15) is 0 Å². The summed E-state index contributed by atoms with van der Waals surface area (Å²) >= 11 is 3.09. The first-order chi connectivity index (χ1) is 8.72. The number of hydrogen-bond acceptors (Lipinski definition) is 5. The minimum absolute atomic E-state index is 0.0924. The molecule has 0 aliphatic rings. The molecular formula is C12H14N2O2S2. The van der Waals surface area contributed by atoms with Crippen LogP contribution >= 0.6 is 22.7 Å². The molecule has 2 rings (SSSR count). The summed E-state index contributed by atoms with van der Waals surface area (Å²) < 4.78 is 0. The van der Waals surface area contributed by atoms with Gasteiger partial charge >= 0.3 is 0 Å². The third-order valence-corrected chi connectivity index (χ3v) is 4.33. The molecular weight excluding hydrogens is 268 g/mol. The molecule has 0 spiro atoms. The number of amides is 1. The van der Waals surface area contributed by atoms with E-state index in [1.807, 2.05) is 17.5 Å². The van der Waals surface area contributed by atoms with E-state index in [1.54, 1.807) is 28.7 Å². The van der Waals surface area contributed by atoms with Gasteiger partial charge < -0.3 is 10.0 Å². The molecule has 0 unspecified atom stereocenters. The summed E-state index contributed by atoms with van der Waals surface area (Å²) in [5, 5.41) is 13.4. The maximum Gasteiger partial charge on any atom is 0.273 e. The zero-order chi connectivity index (χ0) is 13.0. The van der Waals surface area contributed by atoms with Crippen LogP contribution in [0.25, 0.3) is 9.88 Å². The molecule has 18 heavy (non-hydrogen) atoms. The Hall–Kier alpha value is -1.24. The molecule has 4 nitrogen and oxygen atoms in total. The maximum atomic E-state index is 12.0. The SMILES string of the molecule is CN(CCCO)C(=O)c1csc(-c2cccs2)n1. The van der Waals surface area contributed by atoms with Crippen LogP contribution in [0.1, 0.15) is 16.9 Å². The number of rotatable bonds is 5. The molecule has 96 valence electrons. The third-order valence-electron chi connectivity index (χ3n) is 2.45. The van der Waals surface area contributed by atoms with Crippen LogP contribution in [0.15, 0.2) is 22.9 Å². The van der Waals surface area contributed by atoms with Gasteiger partial charge in [0.15, 0.2) is 0 Å². The summed E-state index contributed by atoms with van der Waals surface area (Å²) in [5.74, 6) is -0.0949. The summed E-state index contributed by atoms with van der Waals surface area (Å²) in [7, 11) is 1.72. The highest BCUT2D eigenvalue weighted by molar-refractivity contribution is 7.20. The summed E-state index contributed by atoms with van der Waals surface area (Å²) in [6.45, 7) is 0.635. The molecule has 2 aromatic heterocycles. The molecule has 2 aromatic rings. The second kappa shape index (κ2) is 6.08. The van der Waals surface area contributed by atoms with Crippen molar-refractivity contribution in [3.63, 3.8) is 0 Å². The van der Waals surface area contributed by atoms with Gasteiger partial charge in [0, 0.05) is 25.6 Å². The van der Waals surface area contributed by atoms with E-state index in [9.17, 15) is 4.79 Å². The van der Waals surface area contributed by atoms with Crippen LogP contribution in [0.3, 0.4) is 0 Å². The Kier molecular flexibility index (Phi) is 4.46. The average molecular weight is 282 g/mol. The fourth-order valence-corrected chi connectivity index (χ4v) is 3.10. The van der Waals surface area contributed by atoms with Crippen molar-refractivity contribution in [2.24, 2.45) is 0 Å². The van der Waals surface area contributed by atoms with Crippen molar-refractivity contribution in [3.8, 4) is 9.88 Å². The molecule has 0 saturated heterocycles. The van der Waals surface area contributed by atoms with Crippen LogP contribution in [0.4, 0.5) is 0 Å². The Bertz CT molecular complexity index is 508. The zero-order valence-corrected chi connectivity index (χ0v) is 11.6. The Morgan fingerprint density at radius 2 is 2.33 bits per heavy atom. The first kappa shape index (κ1) is 13.2. The van der Waals surface area contributed by atoms with Crippen molar-refractivity contribution in [1.29, 1.82) is 0 Å². The van der Waals surface area contributed by atoms with Crippen LogP contribution in [-0.4, -0.2) is 41.1 Å². The molecule has 0 aromatic carbocycles. The standard InChI is InChI=1S/C12H14N2O2S2/c1-14(5-3-6-15)12(16)9-8-18-11(13-9)10-4-2-7-17-10/h2,4,7-8,15H,3,5-6H2,1H3. The summed E-state index contributed by atoms with van der Waals surface area (Å²) in [6.07, 6.45) is 0.587. The van der Waals surface area contributed by atoms with E-state index in [2.05, 4.69) is 4.98 Å². The number of thiazole rings is 1. The topological polar surface area (TPSA) is 53.4 Å². The Labute approximate surface area is 114 Å². The number of carbonyl (C=O) groups is 1. The number of thiophene rings is 1. The van der Waals surface area contributed by atoms with Gasteiger partial charge in [-0.05, 0) is 17.9 Å². The minimum atomic E-state index is -0.0949. The highest BCUT2D eigenvalue weighted by Gasteiger charge is 2.15. The molecule has 6 heteroatoms. The molecule has 1 N–H and O–H groups in total. The lowest BCUT2D eigenvalue weighted by atomic mass is 10.3. The second-order valence-corrected chi connectivity index (χ2v) is 5.62. The molecule has 0 radical (unpaired) electrons. The van der Waals surface area contributed by atoms with Crippen LogP contribution in [0, 0.1) is 0 Å². The van der Waals surface area contributed by atoms with E-state index in [1.165, 1.54) is 11.3 Å². The van der Waals surface area contributed by atoms with Gasteiger partial charge in [0.25, 0.3) is 5.91 Å². The number of carbonyl (C=O) groups excluding carboxylic acids is 1. The van der Waals surface area contributed by atoms with Crippen molar-refractivity contribution < 1.29 is 9.90 Å². The summed E-state index contributed by atoms with van der Waals surface area (Å²) in [4.78, 5) is 19.0. The van der Waals surface area contributed by atoms with Gasteiger partial charge in [-0.3, -0.25) is 4.79 Å². The predicted octanol–water partition coefficient (Wildman–Crippen LogP) is 2.33. The second-order valence-electron chi connectivity index (χ2n) is 3.82. The van der Waals surface area contributed by atoms with Gasteiger partial charge in [-0.25, -0.2) is 4.98 Å². The molecule has 2 heterocycles. The first-order valence-electron chi connectivity index (χ1n) is 5.58. The molecule has 0 fully saturated rings. The van der Waals surface area contributed by atoms with Gasteiger partial charge in [0.2, 0.25) is 0 Å². The minimum Gasteiger partial charge on any atom is -0.396 e. The Morgan fingerprint density at radius 3 is 3.00 bits per heavy atom. The molecule has 0 atom stereocenters. The van der Waals surface area contributed by atoms with Gasteiger partial charge in [0.05, 0.1) is 4.88 Å². The van der Waals surface area contributed by atoms with Gasteiger partial charge in [-0.1, -0.05) is 6.07 Å². The highest BCUT2D eigenvalue weighted by atomic mass is 32.1. The normalized spacial score (nSPS) is 10.6. The monoisotopic (exact) mass is 282 g/mol. The fourth-order valence-electron chi connectivity index (χ4n) is 1.49. The first-order valence-corrected chi connectivity index (χ1v) is 7.34. The van der Waals surface area contributed by atoms with E-state index in [-0.39, 0.29) is 12.5 Å². The number of aromatic nitrogens is 1. The average Bonchev–Trinajstić information content (AvgIpc) is 3.04. The maximum absolute atomic E-state index is 12.0. The number of nitrogens with zero attached hydrogens (tertiary/aromatic N) is 2. The van der Waals surface area contributed by atoms with Crippen molar-refractivity contribution in [1.82, 2.24) is 9.88 Å². The number of aliphatic hydroxyl groups is 1. The lowest BCUT2D eigenvalue weighted by molar-refractivity contribution is 0.0781. The van der Waals surface area contributed by atoms with E-state index >= 15 is 0 Å². The van der Waals surface area contributed by atoms with E-state index in [0.717, 1.165) is 9.88 Å². The summed E-state index contributed by atoms with van der Waals surface area (Å²) in [6, 6.07) is 3.96. The van der Waals surface area contributed by atoms with E-state index in [4.69, 9.17) is 5.11 Å². The van der Waals surface area contributed by atoms with Gasteiger partial charge in [-0.15, -0.1) is 22.7 Å². The lowest BCUT2D eigenvalue weighted by Crippen LogP contribution is -2.28. The largest absolute Gasteiger partial charge is 0.396 e. The summed E-state index contributed by atoms with van der Waals surface area (Å²) in [5.41, 5.74) is 0.476. The highest BCUT2D eigenvalue weighted by Crippen LogP contribution is 2.28. The van der Waals surface area contributed by atoms with Crippen LogP contribution in [0.5, 0.6) is 0 Å². The van der Waals surface area contributed by atoms with Crippen LogP contribution < -0.4 is 0 Å². The molecule has 0 aliphatic heterocycles. The number of hydrogen-bond donors (Lipinski definition) is 1. The van der Waals surface area contributed by atoms with E-state index < -0.39 is 0 Å².